The number of carbonyl (C=O) groups excluding carboxylic acids is 1. The minimum absolute atomic E-state index is 0.00293. The van der Waals surface area contributed by atoms with Crippen molar-refractivity contribution in [3.63, 3.8) is 0 Å². The number of amides is 1. The first-order valence-electron chi connectivity index (χ1n) is 6.77. The van der Waals surface area contributed by atoms with Crippen LogP contribution in [0.1, 0.15) is 31.5 Å². The van der Waals surface area contributed by atoms with E-state index in [1.54, 1.807) is 11.8 Å². The number of hydrogen-bond donors (Lipinski definition) is 1. The van der Waals surface area contributed by atoms with Crippen LogP contribution in [0.25, 0.3) is 0 Å². The summed E-state index contributed by atoms with van der Waals surface area (Å²) in [5, 5.41) is 12.7. The highest BCUT2D eigenvalue weighted by atomic mass is 16.5. The number of rotatable bonds is 5. The molecule has 2 atom stereocenters. The molecular formula is C13H19N3O4. The lowest BCUT2D eigenvalue weighted by Crippen LogP contribution is -2.29. The number of nitrogens with zero attached hydrogens (tertiary/aromatic N) is 3. The van der Waals surface area contributed by atoms with Gasteiger partial charge in [-0.3, -0.25) is 9.59 Å². The van der Waals surface area contributed by atoms with Gasteiger partial charge in [0.25, 0.3) is 0 Å². The fourth-order valence-corrected chi connectivity index (χ4v) is 2.48. The van der Waals surface area contributed by atoms with Gasteiger partial charge in [-0.25, -0.2) is 0 Å². The first-order chi connectivity index (χ1) is 9.47. The third-order valence-corrected chi connectivity index (χ3v) is 3.63. The highest BCUT2D eigenvalue weighted by Crippen LogP contribution is 2.24. The molecule has 7 heteroatoms. The molecule has 0 aromatic carbocycles. The van der Waals surface area contributed by atoms with Gasteiger partial charge in [0.2, 0.25) is 11.8 Å². The maximum Gasteiger partial charge on any atom is 0.308 e. The second-order valence-corrected chi connectivity index (χ2v) is 5.31. The highest BCUT2D eigenvalue weighted by molar-refractivity contribution is 5.78. The van der Waals surface area contributed by atoms with Crippen LogP contribution in [0.5, 0.6) is 0 Å². The molecule has 1 saturated heterocycles. The lowest BCUT2D eigenvalue weighted by Gasteiger charge is -2.15. The van der Waals surface area contributed by atoms with Crippen LogP contribution < -0.4 is 0 Å². The topological polar surface area (TPSA) is 96.5 Å². The summed E-state index contributed by atoms with van der Waals surface area (Å²) in [4.78, 5) is 28.8. The number of likely N-dealkylation sites (tertiary alicyclic amines) is 1. The van der Waals surface area contributed by atoms with Gasteiger partial charge in [0.05, 0.1) is 5.92 Å². The van der Waals surface area contributed by atoms with E-state index >= 15 is 0 Å². The van der Waals surface area contributed by atoms with Crippen LogP contribution in [0.3, 0.4) is 0 Å². The largest absolute Gasteiger partial charge is 0.481 e. The van der Waals surface area contributed by atoms with Gasteiger partial charge in [0.15, 0.2) is 5.82 Å². The van der Waals surface area contributed by atoms with Crippen LogP contribution in [0, 0.1) is 18.8 Å². The Morgan fingerprint density at radius 1 is 1.45 bits per heavy atom. The van der Waals surface area contributed by atoms with Crippen molar-refractivity contribution in [3.05, 3.63) is 11.7 Å². The first kappa shape index (κ1) is 14.5. The van der Waals surface area contributed by atoms with E-state index in [2.05, 4.69) is 10.1 Å². The number of aliphatic carboxylic acids is 1. The zero-order valence-electron chi connectivity index (χ0n) is 11.7. The fraction of sp³-hybridized carbons (Fsp3) is 0.692. The van der Waals surface area contributed by atoms with Gasteiger partial charge in [-0.2, -0.15) is 4.98 Å². The summed E-state index contributed by atoms with van der Waals surface area (Å²) < 4.78 is 4.97. The minimum atomic E-state index is -0.825. The Balaban J connectivity index is 1.77. The third kappa shape index (κ3) is 3.34. The van der Waals surface area contributed by atoms with Crippen LogP contribution in [-0.4, -0.2) is 45.1 Å². The molecule has 20 heavy (non-hydrogen) atoms. The molecule has 0 aliphatic carbocycles. The zero-order valence-corrected chi connectivity index (χ0v) is 11.7. The number of carboxylic acid groups (broad SMARTS) is 1. The molecule has 1 N–H and O–H groups in total. The van der Waals surface area contributed by atoms with E-state index in [0.717, 1.165) is 0 Å². The van der Waals surface area contributed by atoms with Crippen molar-refractivity contribution in [1.29, 1.82) is 0 Å². The Morgan fingerprint density at radius 3 is 2.75 bits per heavy atom. The van der Waals surface area contributed by atoms with E-state index in [4.69, 9.17) is 9.63 Å². The normalized spacial score (nSPS) is 22.2. The standard InChI is InChI=1S/C13H19N3O4/c1-8-6-16(7-10(8)13(18)19)12(17)5-3-4-11-14-9(2)15-20-11/h8,10H,3-7H2,1-2H3,(H,18,19)/t8-,10-/m1/s1. The molecule has 0 unspecified atom stereocenters. The van der Waals surface area contributed by atoms with Gasteiger partial charge in [-0.05, 0) is 19.3 Å². The molecule has 0 saturated carbocycles. The number of aryl methyl sites for hydroxylation is 2. The summed E-state index contributed by atoms with van der Waals surface area (Å²) in [5.74, 6) is -0.143. The predicted molar refractivity (Wildman–Crippen MR) is 68.8 cm³/mol. The number of carboxylic acids is 1. The molecule has 1 aromatic rings. The lowest BCUT2D eigenvalue weighted by molar-refractivity contribution is -0.142. The van der Waals surface area contributed by atoms with E-state index in [1.807, 2.05) is 6.92 Å². The summed E-state index contributed by atoms with van der Waals surface area (Å²) in [6.07, 6.45) is 1.57. The molecule has 1 aliphatic rings. The van der Waals surface area contributed by atoms with Crippen LogP contribution in [-0.2, 0) is 16.0 Å². The van der Waals surface area contributed by atoms with Crippen LogP contribution in [0.2, 0.25) is 0 Å². The van der Waals surface area contributed by atoms with Crippen molar-refractivity contribution in [1.82, 2.24) is 15.0 Å². The quantitative estimate of drug-likeness (QED) is 0.860. The van der Waals surface area contributed by atoms with Gasteiger partial charge >= 0.3 is 5.97 Å². The second-order valence-electron chi connectivity index (χ2n) is 5.31. The summed E-state index contributed by atoms with van der Waals surface area (Å²) in [6, 6.07) is 0. The first-order valence-corrected chi connectivity index (χ1v) is 6.77. The minimum Gasteiger partial charge on any atom is -0.481 e. The van der Waals surface area contributed by atoms with Crippen molar-refractivity contribution >= 4 is 11.9 Å². The molecule has 0 radical (unpaired) electrons. The maximum absolute atomic E-state index is 12.0. The monoisotopic (exact) mass is 281 g/mol. The average Bonchev–Trinajstić information content (AvgIpc) is 2.95. The van der Waals surface area contributed by atoms with Gasteiger partial charge in [0.1, 0.15) is 0 Å². The van der Waals surface area contributed by atoms with E-state index in [-0.39, 0.29) is 11.8 Å². The summed E-state index contributed by atoms with van der Waals surface area (Å²) >= 11 is 0. The van der Waals surface area contributed by atoms with E-state index in [0.29, 0.717) is 44.1 Å². The van der Waals surface area contributed by atoms with Crippen molar-refractivity contribution in [2.24, 2.45) is 11.8 Å². The third-order valence-electron chi connectivity index (χ3n) is 3.63. The zero-order chi connectivity index (χ0) is 14.7. The Kier molecular flexibility index (Phi) is 4.36. The molecule has 1 aromatic heterocycles. The van der Waals surface area contributed by atoms with Gasteiger partial charge in [-0.15, -0.1) is 0 Å². The van der Waals surface area contributed by atoms with Gasteiger partial charge in [-0.1, -0.05) is 12.1 Å². The average molecular weight is 281 g/mol. The second kappa shape index (κ2) is 6.02. The van der Waals surface area contributed by atoms with Crippen LogP contribution >= 0.6 is 0 Å². The molecule has 7 nitrogen and oxygen atoms in total. The lowest BCUT2D eigenvalue weighted by atomic mass is 9.99. The Morgan fingerprint density at radius 2 is 2.20 bits per heavy atom. The Labute approximate surface area is 117 Å². The summed E-state index contributed by atoms with van der Waals surface area (Å²) in [6.45, 7) is 4.45. The Bertz CT molecular complexity index is 500. The number of aromatic nitrogens is 2. The summed E-state index contributed by atoms with van der Waals surface area (Å²) in [5.41, 5.74) is 0. The number of hydrogen-bond acceptors (Lipinski definition) is 5. The van der Waals surface area contributed by atoms with Crippen LogP contribution in [0.15, 0.2) is 4.52 Å². The fourth-order valence-electron chi connectivity index (χ4n) is 2.48. The van der Waals surface area contributed by atoms with Crippen molar-refractivity contribution < 1.29 is 19.2 Å². The molecule has 1 fully saturated rings. The van der Waals surface area contributed by atoms with Gasteiger partial charge in [0, 0.05) is 25.9 Å². The molecular weight excluding hydrogens is 262 g/mol. The van der Waals surface area contributed by atoms with Crippen molar-refractivity contribution in [3.8, 4) is 0 Å². The summed E-state index contributed by atoms with van der Waals surface area (Å²) in [7, 11) is 0. The number of carbonyl (C=O) groups is 2. The van der Waals surface area contributed by atoms with E-state index < -0.39 is 11.9 Å². The smallest absolute Gasteiger partial charge is 0.308 e. The van der Waals surface area contributed by atoms with Crippen molar-refractivity contribution in [2.75, 3.05) is 13.1 Å². The van der Waals surface area contributed by atoms with E-state index in [9.17, 15) is 9.59 Å². The SMILES string of the molecule is Cc1noc(CCCC(=O)N2C[C@@H](C)[C@H](C(=O)O)C2)n1. The predicted octanol–water partition coefficient (Wildman–Crippen LogP) is 0.880. The maximum atomic E-state index is 12.0. The molecule has 2 rings (SSSR count). The Hall–Kier alpha value is -1.92. The van der Waals surface area contributed by atoms with Gasteiger partial charge < -0.3 is 14.5 Å². The molecule has 0 spiro atoms. The van der Waals surface area contributed by atoms with E-state index in [1.165, 1.54) is 0 Å². The molecule has 0 bridgehead atoms. The molecule has 1 amide bonds. The molecule has 2 heterocycles. The molecule has 1 aliphatic heterocycles. The molecule has 110 valence electrons. The van der Waals surface area contributed by atoms with Crippen LogP contribution in [0.4, 0.5) is 0 Å². The van der Waals surface area contributed by atoms with Crippen molar-refractivity contribution in [2.45, 2.75) is 33.1 Å². The highest BCUT2D eigenvalue weighted by Gasteiger charge is 2.36.